The Balaban J connectivity index is 2.20. The van der Waals surface area contributed by atoms with Crippen molar-refractivity contribution in [3.05, 3.63) is 17.0 Å². The summed E-state index contributed by atoms with van der Waals surface area (Å²) in [6.45, 7) is 2.49. The molecule has 0 saturated carbocycles. The van der Waals surface area contributed by atoms with Gasteiger partial charge in [0, 0.05) is 23.9 Å². The van der Waals surface area contributed by atoms with E-state index in [0.717, 1.165) is 30.6 Å². The summed E-state index contributed by atoms with van der Waals surface area (Å²) in [5, 5.41) is 8.82. The lowest BCUT2D eigenvalue weighted by Crippen LogP contribution is -2.43. The molecule has 1 unspecified atom stereocenters. The molecule has 0 spiro atoms. The third-order valence-electron chi connectivity index (χ3n) is 3.81. The Morgan fingerprint density at radius 2 is 2.19 bits per heavy atom. The summed E-state index contributed by atoms with van der Waals surface area (Å²) < 4.78 is 27.4. The molecule has 1 aromatic rings. The van der Waals surface area contributed by atoms with Crippen molar-refractivity contribution < 1.29 is 18.3 Å². The highest BCUT2D eigenvalue weighted by atomic mass is 32.2. The molecule has 1 aromatic heterocycles. The summed E-state index contributed by atoms with van der Waals surface area (Å²) in [5.41, 5.74) is 0. The summed E-state index contributed by atoms with van der Waals surface area (Å²) >= 11 is 1.31. The van der Waals surface area contributed by atoms with E-state index in [1.165, 1.54) is 15.6 Å². The Hall–Kier alpha value is -0.920. The first-order valence-corrected chi connectivity index (χ1v) is 9.53. The smallest absolute Gasteiger partial charge is 0.303 e. The zero-order chi connectivity index (χ0) is 15.5. The van der Waals surface area contributed by atoms with Gasteiger partial charge in [0.2, 0.25) is 0 Å². The number of piperidine rings is 1. The summed E-state index contributed by atoms with van der Waals surface area (Å²) in [5.74, 6) is -0.873. The molecular formula is C14H21NO4S2. The van der Waals surface area contributed by atoms with E-state index in [4.69, 9.17) is 5.11 Å². The van der Waals surface area contributed by atoms with Gasteiger partial charge in [-0.25, -0.2) is 8.42 Å². The van der Waals surface area contributed by atoms with Crippen LogP contribution in [0.25, 0.3) is 0 Å². The van der Waals surface area contributed by atoms with E-state index in [1.54, 1.807) is 6.07 Å². The Bertz CT molecular complexity index is 594. The zero-order valence-electron chi connectivity index (χ0n) is 12.1. The molecule has 0 aromatic carbocycles. The lowest BCUT2D eigenvalue weighted by molar-refractivity contribution is -0.137. The third-order valence-corrected chi connectivity index (χ3v) is 7.46. The van der Waals surface area contributed by atoms with Gasteiger partial charge in [0.05, 0.1) is 0 Å². The normalized spacial score (nSPS) is 20.5. The molecule has 0 amide bonds. The van der Waals surface area contributed by atoms with Crippen molar-refractivity contribution >= 4 is 27.3 Å². The number of rotatable bonds is 6. The summed E-state index contributed by atoms with van der Waals surface area (Å²) in [6.07, 6.45) is 3.78. The summed E-state index contributed by atoms with van der Waals surface area (Å²) in [7, 11) is -3.49. The van der Waals surface area contributed by atoms with Crippen LogP contribution in [0.5, 0.6) is 0 Å². The van der Waals surface area contributed by atoms with Crippen molar-refractivity contribution in [3.63, 3.8) is 0 Å². The molecule has 0 aliphatic carbocycles. The first-order valence-electron chi connectivity index (χ1n) is 7.27. The lowest BCUT2D eigenvalue weighted by atomic mass is 10.0. The maximum Gasteiger partial charge on any atom is 0.303 e. The second-order valence-electron chi connectivity index (χ2n) is 5.27. The molecule has 1 saturated heterocycles. The number of aryl methyl sites for hydroxylation is 1. The standard InChI is InChI=1S/C14H21NO4S2/c1-2-12-7-9-14(20-12)21(18,19)15-10-4-3-5-11(15)6-8-13(16)17/h7,9,11H,2-6,8,10H2,1H3,(H,16,17). The predicted octanol–water partition coefficient (Wildman–Crippen LogP) is 2.72. The Kier molecular flexibility index (Phi) is 5.40. The zero-order valence-corrected chi connectivity index (χ0v) is 13.8. The van der Waals surface area contributed by atoms with Gasteiger partial charge in [0.15, 0.2) is 0 Å². The molecule has 0 radical (unpaired) electrons. The van der Waals surface area contributed by atoms with Gasteiger partial charge in [-0.3, -0.25) is 4.79 Å². The van der Waals surface area contributed by atoms with Crippen LogP contribution in [-0.4, -0.2) is 36.4 Å². The first kappa shape index (κ1) is 16.5. The third kappa shape index (κ3) is 3.84. The molecule has 7 heteroatoms. The van der Waals surface area contributed by atoms with Crippen molar-refractivity contribution in [2.24, 2.45) is 0 Å². The minimum absolute atomic E-state index is 0.0152. The minimum atomic E-state index is -3.49. The number of nitrogens with zero attached hydrogens (tertiary/aromatic N) is 1. The predicted molar refractivity (Wildman–Crippen MR) is 82.1 cm³/mol. The van der Waals surface area contributed by atoms with Crippen molar-refractivity contribution in [1.29, 1.82) is 0 Å². The number of carboxylic acids is 1. The Morgan fingerprint density at radius 1 is 1.43 bits per heavy atom. The molecular weight excluding hydrogens is 310 g/mol. The maximum atomic E-state index is 12.8. The maximum absolute atomic E-state index is 12.8. The van der Waals surface area contributed by atoms with Crippen LogP contribution in [0.1, 0.15) is 43.9 Å². The van der Waals surface area contributed by atoms with Gasteiger partial charge in [-0.05, 0) is 37.8 Å². The second kappa shape index (κ2) is 6.89. The van der Waals surface area contributed by atoms with Gasteiger partial charge in [-0.15, -0.1) is 11.3 Å². The monoisotopic (exact) mass is 331 g/mol. The van der Waals surface area contributed by atoms with Crippen LogP contribution in [0, 0.1) is 0 Å². The molecule has 118 valence electrons. The minimum Gasteiger partial charge on any atom is -0.481 e. The number of thiophene rings is 1. The van der Waals surface area contributed by atoms with Gasteiger partial charge in [0.1, 0.15) is 4.21 Å². The van der Waals surface area contributed by atoms with E-state index >= 15 is 0 Å². The fourth-order valence-corrected chi connectivity index (χ4v) is 5.82. The van der Waals surface area contributed by atoms with Crippen LogP contribution in [-0.2, 0) is 21.2 Å². The summed E-state index contributed by atoms with van der Waals surface area (Å²) in [6, 6.07) is 3.34. The molecule has 1 aliphatic rings. The number of carboxylic acid groups (broad SMARTS) is 1. The highest BCUT2D eigenvalue weighted by molar-refractivity contribution is 7.91. The van der Waals surface area contributed by atoms with Crippen LogP contribution < -0.4 is 0 Å². The lowest BCUT2D eigenvalue weighted by Gasteiger charge is -2.34. The van der Waals surface area contributed by atoms with E-state index in [0.29, 0.717) is 17.2 Å². The number of hydrogen-bond donors (Lipinski definition) is 1. The summed E-state index contributed by atoms with van der Waals surface area (Å²) in [4.78, 5) is 11.8. The van der Waals surface area contributed by atoms with Gasteiger partial charge in [-0.1, -0.05) is 13.3 Å². The van der Waals surface area contributed by atoms with Crippen molar-refractivity contribution in [2.45, 2.75) is 55.7 Å². The highest BCUT2D eigenvalue weighted by Gasteiger charge is 2.34. The van der Waals surface area contributed by atoms with Crippen LogP contribution in [0.2, 0.25) is 0 Å². The molecule has 1 fully saturated rings. The molecule has 1 N–H and O–H groups in total. The number of hydrogen-bond acceptors (Lipinski definition) is 4. The number of sulfonamides is 1. The van der Waals surface area contributed by atoms with E-state index < -0.39 is 16.0 Å². The van der Waals surface area contributed by atoms with Gasteiger partial charge in [-0.2, -0.15) is 4.31 Å². The van der Waals surface area contributed by atoms with Crippen molar-refractivity contribution in [2.75, 3.05) is 6.54 Å². The van der Waals surface area contributed by atoms with Crippen molar-refractivity contribution in [1.82, 2.24) is 4.31 Å². The first-order chi connectivity index (χ1) is 9.95. The molecule has 0 bridgehead atoms. The highest BCUT2D eigenvalue weighted by Crippen LogP contribution is 2.31. The topological polar surface area (TPSA) is 74.7 Å². The molecule has 21 heavy (non-hydrogen) atoms. The van der Waals surface area contributed by atoms with Crippen molar-refractivity contribution in [3.8, 4) is 0 Å². The molecule has 2 heterocycles. The average Bonchev–Trinajstić information content (AvgIpc) is 2.95. The van der Waals surface area contributed by atoms with Gasteiger partial charge in [0.25, 0.3) is 10.0 Å². The van der Waals surface area contributed by atoms with Crippen LogP contribution in [0.4, 0.5) is 0 Å². The van der Waals surface area contributed by atoms with E-state index in [9.17, 15) is 13.2 Å². The van der Waals surface area contributed by atoms with Crippen LogP contribution in [0.3, 0.4) is 0 Å². The average molecular weight is 331 g/mol. The number of carbonyl (C=O) groups is 1. The van der Waals surface area contributed by atoms with Gasteiger partial charge >= 0.3 is 5.97 Å². The van der Waals surface area contributed by atoms with E-state index in [2.05, 4.69) is 0 Å². The van der Waals surface area contributed by atoms with Crippen LogP contribution in [0.15, 0.2) is 16.3 Å². The fourth-order valence-electron chi connectivity index (χ4n) is 2.67. The Morgan fingerprint density at radius 3 is 2.81 bits per heavy atom. The molecule has 2 rings (SSSR count). The largest absolute Gasteiger partial charge is 0.481 e. The van der Waals surface area contributed by atoms with E-state index in [-0.39, 0.29) is 12.5 Å². The molecule has 1 atom stereocenters. The molecule has 5 nitrogen and oxygen atoms in total. The van der Waals surface area contributed by atoms with E-state index in [1.807, 2.05) is 13.0 Å². The quantitative estimate of drug-likeness (QED) is 0.870. The fraction of sp³-hybridized carbons (Fsp3) is 0.643. The molecule has 1 aliphatic heterocycles. The Labute approximate surface area is 129 Å². The van der Waals surface area contributed by atoms with Crippen LogP contribution >= 0.6 is 11.3 Å². The SMILES string of the molecule is CCc1ccc(S(=O)(=O)N2CCCCC2CCC(=O)O)s1. The second-order valence-corrected chi connectivity index (χ2v) is 8.56. The van der Waals surface area contributed by atoms with Gasteiger partial charge < -0.3 is 5.11 Å². The number of aliphatic carboxylic acids is 1.